The molecule has 0 atom stereocenters. The number of allylic oxidation sites excluding steroid dienone is 1. The largest absolute Gasteiger partial charge is 0.262 e. The molecule has 0 bridgehead atoms. The highest BCUT2D eigenvalue weighted by molar-refractivity contribution is 5.86. The van der Waals surface area contributed by atoms with Crippen LogP contribution in [0.1, 0.15) is 23.2 Å². The molecule has 0 amide bonds. The predicted molar refractivity (Wildman–Crippen MR) is 195 cm³/mol. The van der Waals surface area contributed by atoms with Gasteiger partial charge in [-0.15, -0.1) is 0 Å². The van der Waals surface area contributed by atoms with Crippen molar-refractivity contribution in [3.63, 3.8) is 0 Å². The first-order valence-electron chi connectivity index (χ1n) is 16.2. The van der Waals surface area contributed by atoms with Crippen LogP contribution < -0.4 is 0 Å². The minimum atomic E-state index is 0.703. The van der Waals surface area contributed by atoms with Gasteiger partial charge in [0, 0.05) is 28.6 Å². The summed E-state index contributed by atoms with van der Waals surface area (Å²) in [5.74, 6) is 0.703. The Morgan fingerprint density at radius 3 is 1.81 bits per heavy atom. The van der Waals surface area contributed by atoms with Crippen molar-refractivity contribution in [1.82, 2.24) is 15.0 Å². The second-order valence-corrected chi connectivity index (χ2v) is 12.1. The molecule has 0 saturated carbocycles. The molecule has 0 radical (unpaired) electrons. The quantitative estimate of drug-likeness (QED) is 0.190. The molecule has 1 aliphatic carbocycles. The zero-order chi connectivity index (χ0) is 31.6. The van der Waals surface area contributed by atoms with Gasteiger partial charge < -0.3 is 0 Å². The molecule has 3 nitrogen and oxygen atoms in total. The Morgan fingerprint density at radius 1 is 0.489 bits per heavy atom. The van der Waals surface area contributed by atoms with Crippen molar-refractivity contribution in [2.24, 2.45) is 0 Å². The standard InChI is InChI=1S/C44H33N3/c1-30-24-36(22-23-45-30)34-18-10-19-35(25-34)37-26-38(41-21-11-17-31-12-8-9-20-40(31)41)28-39(27-37)44-46-42(32-13-4-2-5-14-32)29-43(47-44)33-15-6-3-7-16-33/h2-7,9-11,13-29H,8,12H2,1H3. The number of aromatic nitrogens is 3. The lowest BCUT2D eigenvalue weighted by atomic mass is 9.88. The number of hydrogen-bond acceptors (Lipinski definition) is 3. The Kier molecular flexibility index (Phi) is 7.56. The van der Waals surface area contributed by atoms with Crippen LogP contribution in [0.15, 0.2) is 152 Å². The number of hydrogen-bond donors (Lipinski definition) is 0. The zero-order valence-corrected chi connectivity index (χ0v) is 26.3. The molecule has 5 aromatic carbocycles. The third-order valence-corrected chi connectivity index (χ3v) is 8.85. The maximum atomic E-state index is 5.20. The summed E-state index contributed by atoms with van der Waals surface area (Å²) >= 11 is 0. The molecule has 0 N–H and O–H groups in total. The van der Waals surface area contributed by atoms with Crippen LogP contribution in [0.5, 0.6) is 0 Å². The smallest absolute Gasteiger partial charge is 0.160 e. The molecule has 2 heterocycles. The maximum Gasteiger partial charge on any atom is 0.160 e. The second-order valence-electron chi connectivity index (χ2n) is 12.1. The highest BCUT2D eigenvalue weighted by Crippen LogP contribution is 2.38. The molecule has 3 heteroatoms. The van der Waals surface area contributed by atoms with Gasteiger partial charge in [-0.25, -0.2) is 9.97 Å². The first-order valence-corrected chi connectivity index (χ1v) is 16.2. The minimum absolute atomic E-state index is 0.703. The van der Waals surface area contributed by atoms with E-state index in [0.717, 1.165) is 74.4 Å². The van der Waals surface area contributed by atoms with Crippen LogP contribution in [0.3, 0.4) is 0 Å². The van der Waals surface area contributed by atoms with Gasteiger partial charge in [-0.1, -0.05) is 109 Å². The predicted octanol–water partition coefficient (Wildman–Crippen LogP) is 11.1. The normalized spacial score (nSPS) is 12.1. The molecule has 2 aromatic heterocycles. The highest BCUT2D eigenvalue weighted by Gasteiger charge is 2.16. The third-order valence-electron chi connectivity index (χ3n) is 8.85. The number of pyridine rings is 1. The fourth-order valence-corrected chi connectivity index (χ4v) is 6.49. The van der Waals surface area contributed by atoms with Crippen molar-refractivity contribution in [1.29, 1.82) is 0 Å². The van der Waals surface area contributed by atoms with Gasteiger partial charge in [0.2, 0.25) is 0 Å². The van der Waals surface area contributed by atoms with Gasteiger partial charge in [-0.2, -0.15) is 0 Å². The second kappa shape index (κ2) is 12.5. The molecule has 8 rings (SSSR count). The van der Waals surface area contributed by atoms with Gasteiger partial charge in [-0.3, -0.25) is 4.98 Å². The first-order chi connectivity index (χ1) is 23.2. The zero-order valence-electron chi connectivity index (χ0n) is 26.3. The van der Waals surface area contributed by atoms with Gasteiger partial charge >= 0.3 is 0 Å². The summed E-state index contributed by atoms with van der Waals surface area (Å²) < 4.78 is 0. The van der Waals surface area contributed by atoms with Crippen molar-refractivity contribution >= 4 is 6.08 Å². The van der Waals surface area contributed by atoms with E-state index in [2.05, 4.69) is 145 Å². The van der Waals surface area contributed by atoms with E-state index in [1.54, 1.807) is 0 Å². The van der Waals surface area contributed by atoms with E-state index in [9.17, 15) is 0 Å². The van der Waals surface area contributed by atoms with Crippen LogP contribution in [0.25, 0.3) is 73.4 Å². The molecule has 0 spiro atoms. The SMILES string of the molecule is Cc1cc(-c2cccc(-c3cc(-c4nc(-c5ccccc5)cc(-c5ccccc5)n4)cc(-c4cccc5c4C=CCC5)c3)c2)ccn1. The van der Waals surface area contributed by atoms with Crippen molar-refractivity contribution in [3.8, 4) is 67.3 Å². The van der Waals surface area contributed by atoms with Gasteiger partial charge in [0.1, 0.15) is 0 Å². The molecule has 1 aliphatic rings. The van der Waals surface area contributed by atoms with E-state index in [-0.39, 0.29) is 0 Å². The number of benzene rings is 5. The maximum absolute atomic E-state index is 5.20. The van der Waals surface area contributed by atoms with E-state index in [0.29, 0.717) is 5.82 Å². The topological polar surface area (TPSA) is 38.7 Å². The minimum Gasteiger partial charge on any atom is -0.262 e. The lowest BCUT2D eigenvalue weighted by Gasteiger charge is -2.17. The molecule has 0 saturated heterocycles. The number of aryl methyl sites for hydroxylation is 2. The van der Waals surface area contributed by atoms with E-state index in [1.165, 1.54) is 16.7 Å². The Hall–Kier alpha value is -5.93. The van der Waals surface area contributed by atoms with Crippen LogP contribution in [-0.4, -0.2) is 15.0 Å². The van der Waals surface area contributed by atoms with E-state index >= 15 is 0 Å². The van der Waals surface area contributed by atoms with Crippen LogP contribution >= 0.6 is 0 Å². The summed E-state index contributed by atoms with van der Waals surface area (Å²) in [6.07, 6.45) is 8.58. The number of fused-ring (bicyclic) bond motifs is 1. The van der Waals surface area contributed by atoms with E-state index in [1.807, 2.05) is 25.3 Å². The number of rotatable bonds is 6. The Balaban J connectivity index is 1.35. The molecule has 7 aromatic rings. The monoisotopic (exact) mass is 603 g/mol. The fraction of sp³-hybridized carbons (Fsp3) is 0.0682. The molecule has 0 unspecified atom stereocenters. The van der Waals surface area contributed by atoms with Crippen molar-refractivity contribution in [2.75, 3.05) is 0 Å². The molecular formula is C44H33N3. The van der Waals surface area contributed by atoms with Gasteiger partial charge in [0.15, 0.2) is 5.82 Å². The van der Waals surface area contributed by atoms with Crippen molar-refractivity contribution in [3.05, 3.63) is 169 Å². The van der Waals surface area contributed by atoms with Gasteiger partial charge in [0.25, 0.3) is 0 Å². The fourth-order valence-electron chi connectivity index (χ4n) is 6.49. The average Bonchev–Trinajstić information content (AvgIpc) is 3.15. The summed E-state index contributed by atoms with van der Waals surface area (Å²) in [6, 6.07) is 49.3. The Morgan fingerprint density at radius 2 is 1.09 bits per heavy atom. The van der Waals surface area contributed by atoms with Gasteiger partial charge in [-0.05, 0) is 107 Å². The van der Waals surface area contributed by atoms with Crippen LogP contribution in [-0.2, 0) is 6.42 Å². The average molecular weight is 604 g/mol. The van der Waals surface area contributed by atoms with Crippen molar-refractivity contribution < 1.29 is 0 Å². The summed E-state index contributed by atoms with van der Waals surface area (Å²) in [6.45, 7) is 2.03. The van der Waals surface area contributed by atoms with Crippen LogP contribution in [0, 0.1) is 6.92 Å². The van der Waals surface area contributed by atoms with Crippen molar-refractivity contribution in [2.45, 2.75) is 19.8 Å². The number of nitrogens with zero attached hydrogens (tertiary/aromatic N) is 3. The third kappa shape index (κ3) is 5.92. The van der Waals surface area contributed by atoms with E-state index in [4.69, 9.17) is 9.97 Å². The summed E-state index contributed by atoms with van der Waals surface area (Å²) in [7, 11) is 0. The van der Waals surface area contributed by atoms with Crippen LogP contribution in [0.4, 0.5) is 0 Å². The first kappa shape index (κ1) is 28.5. The molecule has 0 fully saturated rings. The summed E-state index contributed by atoms with van der Waals surface area (Å²) in [5.41, 5.74) is 15.6. The molecule has 0 aliphatic heterocycles. The lowest BCUT2D eigenvalue weighted by molar-refractivity contribution is 0.986. The summed E-state index contributed by atoms with van der Waals surface area (Å²) in [4.78, 5) is 14.8. The molecule has 224 valence electrons. The molecule has 47 heavy (non-hydrogen) atoms. The summed E-state index contributed by atoms with van der Waals surface area (Å²) in [5, 5.41) is 0. The van der Waals surface area contributed by atoms with E-state index < -0.39 is 0 Å². The molecular weight excluding hydrogens is 571 g/mol. The van der Waals surface area contributed by atoms with Crippen LogP contribution in [0.2, 0.25) is 0 Å². The lowest BCUT2D eigenvalue weighted by Crippen LogP contribution is -1.98. The Bertz CT molecular complexity index is 2190. The van der Waals surface area contributed by atoms with Gasteiger partial charge in [0.05, 0.1) is 11.4 Å². The highest BCUT2D eigenvalue weighted by atomic mass is 14.9. The Labute approximate surface area is 276 Å².